The van der Waals surface area contributed by atoms with Gasteiger partial charge in [-0.3, -0.25) is 4.79 Å². The molecule has 3 N–H and O–H groups in total. The van der Waals surface area contributed by atoms with Crippen molar-refractivity contribution in [1.82, 2.24) is 5.32 Å². The molecule has 0 bridgehead atoms. The highest BCUT2D eigenvalue weighted by atomic mass is 16.2. The smallest absolute Gasteiger partial charge is 0.237 e. The fourth-order valence-corrected chi connectivity index (χ4v) is 1.19. The molecule has 0 heterocycles. The van der Waals surface area contributed by atoms with Crippen LogP contribution in [0.5, 0.6) is 0 Å². The molecule has 0 aromatic carbocycles. The van der Waals surface area contributed by atoms with Gasteiger partial charge in [-0.15, -0.1) is 0 Å². The molecular formula is C12H26N2O. The average Bonchev–Trinajstić information content (AvgIpc) is 2.13. The van der Waals surface area contributed by atoms with E-state index in [1.165, 1.54) is 0 Å². The van der Waals surface area contributed by atoms with Gasteiger partial charge >= 0.3 is 0 Å². The van der Waals surface area contributed by atoms with E-state index in [1.54, 1.807) is 0 Å². The van der Waals surface area contributed by atoms with Crippen LogP contribution in [0.1, 0.15) is 47.5 Å². The summed E-state index contributed by atoms with van der Waals surface area (Å²) < 4.78 is 0. The fraction of sp³-hybridized carbons (Fsp3) is 0.917. The van der Waals surface area contributed by atoms with Crippen molar-refractivity contribution in [3.05, 3.63) is 0 Å². The molecule has 0 fully saturated rings. The second-order valence-corrected chi connectivity index (χ2v) is 5.51. The van der Waals surface area contributed by atoms with Crippen molar-refractivity contribution in [2.75, 3.05) is 6.54 Å². The third-order valence-corrected chi connectivity index (χ3v) is 2.73. The molecule has 0 spiro atoms. The van der Waals surface area contributed by atoms with Gasteiger partial charge in [0.1, 0.15) is 0 Å². The standard InChI is InChI=1S/C12H26N2O/c1-6-9(2)10(13)11(15)14-8-7-12(3,4)5/h9-10H,6-8,13H2,1-5H3,(H,14,15). The van der Waals surface area contributed by atoms with Crippen molar-refractivity contribution in [3.63, 3.8) is 0 Å². The molecule has 15 heavy (non-hydrogen) atoms. The number of carbonyl (C=O) groups is 1. The minimum Gasteiger partial charge on any atom is -0.355 e. The van der Waals surface area contributed by atoms with Crippen molar-refractivity contribution in [2.24, 2.45) is 17.1 Å². The molecule has 0 saturated carbocycles. The minimum absolute atomic E-state index is 0.0198. The molecule has 1 amide bonds. The summed E-state index contributed by atoms with van der Waals surface area (Å²) in [6.07, 6.45) is 1.92. The maximum Gasteiger partial charge on any atom is 0.237 e. The molecule has 0 aliphatic carbocycles. The Bertz CT molecular complexity index is 196. The predicted octanol–water partition coefficient (Wildman–Crippen LogP) is 1.91. The first kappa shape index (κ1) is 14.4. The van der Waals surface area contributed by atoms with E-state index in [2.05, 4.69) is 26.1 Å². The molecule has 0 aromatic rings. The largest absolute Gasteiger partial charge is 0.355 e. The Morgan fingerprint density at radius 3 is 2.33 bits per heavy atom. The molecular weight excluding hydrogens is 188 g/mol. The van der Waals surface area contributed by atoms with Crippen LogP contribution in [-0.4, -0.2) is 18.5 Å². The summed E-state index contributed by atoms with van der Waals surface area (Å²) >= 11 is 0. The van der Waals surface area contributed by atoms with Crippen LogP contribution in [0, 0.1) is 11.3 Å². The zero-order valence-electron chi connectivity index (χ0n) is 10.8. The lowest BCUT2D eigenvalue weighted by molar-refractivity contribution is -0.123. The zero-order valence-corrected chi connectivity index (χ0v) is 10.8. The maximum absolute atomic E-state index is 11.6. The van der Waals surface area contributed by atoms with Gasteiger partial charge in [-0.2, -0.15) is 0 Å². The summed E-state index contributed by atoms with van der Waals surface area (Å²) in [6, 6.07) is -0.366. The highest BCUT2D eigenvalue weighted by Crippen LogP contribution is 2.17. The molecule has 0 aliphatic heterocycles. The molecule has 3 nitrogen and oxygen atoms in total. The van der Waals surface area contributed by atoms with Crippen LogP contribution in [0.3, 0.4) is 0 Å². The van der Waals surface area contributed by atoms with Gasteiger partial charge in [0.15, 0.2) is 0 Å². The van der Waals surface area contributed by atoms with E-state index in [9.17, 15) is 4.79 Å². The Morgan fingerprint density at radius 2 is 1.93 bits per heavy atom. The zero-order chi connectivity index (χ0) is 12.1. The monoisotopic (exact) mass is 214 g/mol. The fourth-order valence-electron chi connectivity index (χ4n) is 1.19. The van der Waals surface area contributed by atoms with Gasteiger partial charge in [0.05, 0.1) is 6.04 Å². The molecule has 2 atom stereocenters. The molecule has 3 heteroatoms. The van der Waals surface area contributed by atoms with Gasteiger partial charge in [-0.25, -0.2) is 0 Å². The topological polar surface area (TPSA) is 55.1 Å². The SMILES string of the molecule is CCC(C)C(N)C(=O)NCCC(C)(C)C. The van der Waals surface area contributed by atoms with Gasteiger partial charge < -0.3 is 11.1 Å². The summed E-state index contributed by atoms with van der Waals surface area (Å²) in [5.41, 5.74) is 6.07. The Hall–Kier alpha value is -0.570. The quantitative estimate of drug-likeness (QED) is 0.734. The van der Waals surface area contributed by atoms with Gasteiger partial charge in [-0.1, -0.05) is 41.0 Å². The van der Waals surface area contributed by atoms with Gasteiger partial charge in [0.2, 0.25) is 5.91 Å². The molecule has 90 valence electrons. The highest BCUT2D eigenvalue weighted by molar-refractivity contribution is 5.81. The molecule has 0 radical (unpaired) electrons. The molecule has 0 aromatic heterocycles. The van der Waals surface area contributed by atoms with Crippen molar-refractivity contribution in [1.29, 1.82) is 0 Å². The normalized spacial score (nSPS) is 15.9. The lowest BCUT2D eigenvalue weighted by atomic mass is 9.92. The number of rotatable bonds is 5. The molecule has 0 rings (SSSR count). The summed E-state index contributed by atoms with van der Waals surface area (Å²) in [4.78, 5) is 11.6. The number of nitrogens with one attached hydrogen (secondary N) is 1. The Morgan fingerprint density at radius 1 is 1.40 bits per heavy atom. The predicted molar refractivity (Wildman–Crippen MR) is 64.5 cm³/mol. The lowest BCUT2D eigenvalue weighted by Gasteiger charge is -2.21. The first-order valence-corrected chi connectivity index (χ1v) is 5.81. The summed E-state index contributed by atoms with van der Waals surface area (Å²) in [7, 11) is 0. The van der Waals surface area contributed by atoms with E-state index in [0.29, 0.717) is 6.54 Å². The van der Waals surface area contributed by atoms with E-state index in [-0.39, 0.29) is 23.3 Å². The molecule has 0 saturated heterocycles. The number of hydrogen-bond acceptors (Lipinski definition) is 2. The summed E-state index contributed by atoms with van der Waals surface area (Å²) in [5.74, 6) is 0.230. The highest BCUT2D eigenvalue weighted by Gasteiger charge is 2.19. The van der Waals surface area contributed by atoms with Crippen LogP contribution < -0.4 is 11.1 Å². The van der Waals surface area contributed by atoms with Gasteiger partial charge in [-0.05, 0) is 17.8 Å². The average molecular weight is 214 g/mol. The van der Waals surface area contributed by atoms with Crippen LogP contribution in [0.25, 0.3) is 0 Å². The van der Waals surface area contributed by atoms with Crippen LogP contribution in [0.15, 0.2) is 0 Å². The van der Waals surface area contributed by atoms with Crippen molar-refractivity contribution >= 4 is 5.91 Å². The Balaban J connectivity index is 3.84. The Labute approximate surface area is 93.8 Å². The number of amides is 1. The maximum atomic E-state index is 11.6. The van der Waals surface area contributed by atoms with Crippen LogP contribution in [0.4, 0.5) is 0 Å². The molecule has 2 unspecified atom stereocenters. The van der Waals surface area contributed by atoms with Crippen LogP contribution in [-0.2, 0) is 4.79 Å². The van der Waals surface area contributed by atoms with Crippen molar-refractivity contribution in [3.8, 4) is 0 Å². The first-order chi connectivity index (χ1) is 6.78. The second kappa shape index (κ2) is 6.11. The number of hydrogen-bond donors (Lipinski definition) is 2. The van der Waals surface area contributed by atoms with Crippen LogP contribution >= 0.6 is 0 Å². The van der Waals surface area contributed by atoms with E-state index in [0.717, 1.165) is 12.8 Å². The van der Waals surface area contributed by atoms with Gasteiger partial charge in [0, 0.05) is 6.54 Å². The number of carbonyl (C=O) groups excluding carboxylic acids is 1. The van der Waals surface area contributed by atoms with Crippen LogP contribution in [0.2, 0.25) is 0 Å². The third-order valence-electron chi connectivity index (χ3n) is 2.73. The second-order valence-electron chi connectivity index (χ2n) is 5.51. The number of nitrogens with two attached hydrogens (primary N) is 1. The summed E-state index contributed by atoms with van der Waals surface area (Å²) in [6.45, 7) is 11.3. The van der Waals surface area contributed by atoms with E-state index in [1.807, 2.05) is 13.8 Å². The molecule has 0 aliphatic rings. The van der Waals surface area contributed by atoms with E-state index < -0.39 is 0 Å². The lowest BCUT2D eigenvalue weighted by Crippen LogP contribution is -2.45. The first-order valence-electron chi connectivity index (χ1n) is 5.81. The van der Waals surface area contributed by atoms with E-state index >= 15 is 0 Å². The van der Waals surface area contributed by atoms with Crippen molar-refractivity contribution < 1.29 is 4.79 Å². The van der Waals surface area contributed by atoms with Gasteiger partial charge in [0.25, 0.3) is 0 Å². The third kappa shape index (κ3) is 6.50. The minimum atomic E-state index is -0.366. The van der Waals surface area contributed by atoms with Crippen molar-refractivity contribution in [2.45, 2.75) is 53.5 Å². The van der Waals surface area contributed by atoms with E-state index in [4.69, 9.17) is 5.73 Å². The Kier molecular flexibility index (Phi) is 5.88. The summed E-state index contributed by atoms with van der Waals surface area (Å²) in [5, 5.41) is 2.89.